The van der Waals surface area contributed by atoms with E-state index in [4.69, 9.17) is 14.2 Å². The molecule has 1 unspecified atom stereocenters. The summed E-state index contributed by atoms with van der Waals surface area (Å²) < 4.78 is 16.8. The van der Waals surface area contributed by atoms with Gasteiger partial charge in [0, 0.05) is 19.3 Å². The van der Waals surface area contributed by atoms with E-state index in [1.54, 1.807) is 0 Å². The van der Waals surface area contributed by atoms with Crippen LogP contribution >= 0.6 is 0 Å². The smallest absolute Gasteiger partial charge is 0.306 e. The van der Waals surface area contributed by atoms with E-state index in [0.29, 0.717) is 19.3 Å². The molecule has 0 aromatic carbocycles. The lowest BCUT2D eigenvalue weighted by Crippen LogP contribution is -2.30. The van der Waals surface area contributed by atoms with E-state index < -0.39 is 6.10 Å². The van der Waals surface area contributed by atoms with Crippen LogP contribution in [-0.4, -0.2) is 37.2 Å². The lowest BCUT2D eigenvalue weighted by molar-refractivity contribution is -0.167. The van der Waals surface area contributed by atoms with Crippen LogP contribution in [0.5, 0.6) is 0 Å². The normalized spacial score (nSPS) is 12.4. The van der Waals surface area contributed by atoms with Gasteiger partial charge in [0.15, 0.2) is 6.10 Å². The third-order valence-corrected chi connectivity index (χ3v) is 11.1. The third kappa shape index (κ3) is 46.4. The predicted octanol–water partition coefficient (Wildman–Crippen LogP) is 16.7. The van der Waals surface area contributed by atoms with Gasteiger partial charge < -0.3 is 14.2 Å². The summed E-state index contributed by atoms with van der Waals surface area (Å²) in [5.74, 6) is -0.894. The Bertz CT molecular complexity index is 1060. The fourth-order valence-corrected chi connectivity index (χ4v) is 7.17. The number of ether oxygens (including phenoxy) is 3. The summed E-state index contributed by atoms with van der Waals surface area (Å²) >= 11 is 0. The molecule has 0 amide bonds. The van der Waals surface area contributed by atoms with Crippen LogP contribution in [-0.2, 0) is 28.6 Å². The monoisotopic (exact) mass is 841 g/mol. The highest BCUT2D eigenvalue weighted by atomic mass is 16.6. The summed E-state index contributed by atoms with van der Waals surface area (Å²) in [7, 11) is 0. The second kappa shape index (κ2) is 49.0. The molecule has 0 spiro atoms. The zero-order chi connectivity index (χ0) is 43.7. The first kappa shape index (κ1) is 57.4. The van der Waals surface area contributed by atoms with Crippen LogP contribution in [0.25, 0.3) is 0 Å². The van der Waals surface area contributed by atoms with Gasteiger partial charge in [-0.2, -0.15) is 0 Å². The van der Waals surface area contributed by atoms with E-state index >= 15 is 0 Å². The van der Waals surface area contributed by atoms with E-state index in [9.17, 15) is 14.4 Å². The Morgan fingerprint density at radius 3 is 1.05 bits per heavy atom. The summed E-state index contributed by atoms with van der Waals surface area (Å²) in [4.78, 5) is 37.9. The maximum absolute atomic E-state index is 12.8. The predicted molar refractivity (Wildman–Crippen MR) is 256 cm³/mol. The average molecular weight is 841 g/mol. The summed E-state index contributed by atoms with van der Waals surface area (Å²) in [6, 6.07) is 0. The van der Waals surface area contributed by atoms with Gasteiger partial charge in [0.2, 0.25) is 0 Å². The lowest BCUT2D eigenvalue weighted by Gasteiger charge is -2.18. The maximum Gasteiger partial charge on any atom is 0.306 e. The van der Waals surface area contributed by atoms with Crippen molar-refractivity contribution < 1.29 is 28.6 Å². The summed E-state index contributed by atoms with van der Waals surface area (Å²) in [5.41, 5.74) is 0. The van der Waals surface area contributed by atoms with Crippen LogP contribution in [0.1, 0.15) is 258 Å². The van der Waals surface area contributed by atoms with Crippen molar-refractivity contribution in [3.05, 3.63) is 48.6 Å². The molecule has 0 fully saturated rings. The number of esters is 3. The minimum absolute atomic E-state index is 0.0787. The van der Waals surface area contributed by atoms with E-state index in [2.05, 4.69) is 69.4 Å². The summed E-state index contributed by atoms with van der Waals surface area (Å²) in [6.07, 6.45) is 58.0. The van der Waals surface area contributed by atoms with Crippen LogP contribution in [0.3, 0.4) is 0 Å². The van der Waals surface area contributed by atoms with Gasteiger partial charge in [-0.15, -0.1) is 0 Å². The standard InChI is InChI=1S/C54H96O6/c1-4-7-10-13-16-19-22-24-26-27-29-30-32-35-38-41-44-47-53(56)59-50-51(49-58-52(55)46-43-40-37-34-21-18-15-12-9-6-3)60-54(57)48-45-42-39-36-33-31-28-25-23-20-17-14-11-8-5-2/h16-17,19-20,23-26,51H,4-15,18,21-22,27-50H2,1-3H3/b19-16-,20-17-,25-23-,26-24-. The molecule has 0 aliphatic heterocycles. The molecule has 6 heteroatoms. The number of rotatable bonds is 46. The fraction of sp³-hybridized carbons (Fsp3) is 0.796. The number of allylic oxidation sites excluding steroid dienone is 8. The Balaban J connectivity index is 4.36. The Hall–Kier alpha value is -2.63. The van der Waals surface area contributed by atoms with Crippen molar-refractivity contribution in [1.82, 2.24) is 0 Å². The number of hydrogen-bond acceptors (Lipinski definition) is 6. The molecule has 0 aromatic rings. The zero-order valence-corrected chi connectivity index (χ0v) is 39.7. The SMILES string of the molecule is CCCCC/C=C\C=C/CCCCCCCCC(=O)OC(COC(=O)CCCCCCCCC/C=C\C/C=C\CCCCC)COC(=O)CCCCCCCCCCCC. The van der Waals surface area contributed by atoms with Gasteiger partial charge >= 0.3 is 17.9 Å². The minimum atomic E-state index is -0.779. The van der Waals surface area contributed by atoms with Crippen LogP contribution in [0.2, 0.25) is 0 Å². The first-order chi connectivity index (χ1) is 29.5. The Morgan fingerprint density at radius 1 is 0.350 bits per heavy atom. The van der Waals surface area contributed by atoms with Gasteiger partial charge in [-0.25, -0.2) is 0 Å². The molecule has 0 rings (SSSR count). The highest BCUT2D eigenvalue weighted by Gasteiger charge is 2.19. The van der Waals surface area contributed by atoms with E-state index in [0.717, 1.165) is 77.0 Å². The van der Waals surface area contributed by atoms with Crippen molar-refractivity contribution in [2.45, 2.75) is 264 Å². The first-order valence-corrected chi connectivity index (χ1v) is 25.7. The first-order valence-electron chi connectivity index (χ1n) is 25.7. The number of carbonyl (C=O) groups excluding carboxylic acids is 3. The quantitative estimate of drug-likeness (QED) is 0.0200. The van der Waals surface area contributed by atoms with Crippen molar-refractivity contribution in [2.24, 2.45) is 0 Å². The average Bonchev–Trinajstić information content (AvgIpc) is 3.24. The summed E-state index contributed by atoms with van der Waals surface area (Å²) in [6.45, 7) is 6.56. The van der Waals surface area contributed by atoms with Gasteiger partial charge in [0.05, 0.1) is 0 Å². The van der Waals surface area contributed by atoms with Crippen LogP contribution in [0.15, 0.2) is 48.6 Å². The van der Waals surface area contributed by atoms with Gasteiger partial charge in [-0.3, -0.25) is 14.4 Å². The molecule has 348 valence electrons. The fourth-order valence-electron chi connectivity index (χ4n) is 7.17. The van der Waals surface area contributed by atoms with Crippen LogP contribution in [0.4, 0.5) is 0 Å². The second-order valence-corrected chi connectivity index (χ2v) is 17.1. The van der Waals surface area contributed by atoms with Gasteiger partial charge in [0.1, 0.15) is 13.2 Å². The van der Waals surface area contributed by atoms with Gasteiger partial charge in [-0.05, 0) is 77.0 Å². The number of carbonyl (C=O) groups is 3. The second-order valence-electron chi connectivity index (χ2n) is 17.1. The van der Waals surface area contributed by atoms with Crippen molar-refractivity contribution in [1.29, 1.82) is 0 Å². The summed E-state index contributed by atoms with van der Waals surface area (Å²) in [5, 5.41) is 0. The van der Waals surface area contributed by atoms with Gasteiger partial charge in [-0.1, -0.05) is 211 Å². The molecule has 0 saturated carbocycles. The molecule has 0 aliphatic carbocycles. The molecule has 0 saturated heterocycles. The highest BCUT2D eigenvalue weighted by molar-refractivity contribution is 5.71. The molecule has 0 aliphatic rings. The molecule has 1 atom stereocenters. The molecule has 0 heterocycles. The minimum Gasteiger partial charge on any atom is -0.462 e. The maximum atomic E-state index is 12.8. The van der Waals surface area contributed by atoms with Crippen LogP contribution < -0.4 is 0 Å². The third-order valence-electron chi connectivity index (χ3n) is 11.1. The van der Waals surface area contributed by atoms with Crippen LogP contribution in [0, 0.1) is 0 Å². The molecule has 0 aromatic heterocycles. The zero-order valence-electron chi connectivity index (χ0n) is 39.7. The number of unbranched alkanes of at least 4 members (excludes halogenated alkanes) is 28. The van der Waals surface area contributed by atoms with E-state index in [1.807, 2.05) is 0 Å². The van der Waals surface area contributed by atoms with Crippen molar-refractivity contribution in [3.8, 4) is 0 Å². The van der Waals surface area contributed by atoms with E-state index in [1.165, 1.54) is 141 Å². The highest BCUT2D eigenvalue weighted by Crippen LogP contribution is 2.15. The van der Waals surface area contributed by atoms with Gasteiger partial charge in [0.25, 0.3) is 0 Å². The molecule has 6 nitrogen and oxygen atoms in total. The molecular formula is C54H96O6. The van der Waals surface area contributed by atoms with E-state index in [-0.39, 0.29) is 31.1 Å². The molecule has 0 bridgehead atoms. The molecular weight excluding hydrogens is 745 g/mol. The van der Waals surface area contributed by atoms with Crippen molar-refractivity contribution in [2.75, 3.05) is 13.2 Å². The Kier molecular flexibility index (Phi) is 46.9. The topological polar surface area (TPSA) is 78.9 Å². The molecule has 60 heavy (non-hydrogen) atoms. The molecule has 0 N–H and O–H groups in total. The Labute approximate surface area is 371 Å². The molecule has 0 radical (unpaired) electrons. The van der Waals surface area contributed by atoms with Crippen molar-refractivity contribution >= 4 is 17.9 Å². The lowest BCUT2D eigenvalue weighted by atomic mass is 10.1. The number of hydrogen-bond donors (Lipinski definition) is 0. The Morgan fingerprint density at radius 2 is 0.650 bits per heavy atom. The largest absolute Gasteiger partial charge is 0.462 e. The van der Waals surface area contributed by atoms with Crippen molar-refractivity contribution in [3.63, 3.8) is 0 Å².